The van der Waals surface area contributed by atoms with Crippen LogP contribution in [0.4, 0.5) is 0 Å². The van der Waals surface area contributed by atoms with Crippen LogP contribution in [0.3, 0.4) is 0 Å². The van der Waals surface area contributed by atoms with Gasteiger partial charge in [-0.15, -0.1) is 5.10 Å². The van der Waals surface area contributed by atoms with E-state index in [1.54, 1.807) is 0 Å². The highest BCUT2D eigenvalue weighted by Crippen LogP contribution is 2.00. The number of tetrazole rings is 1. The number of nitrogens with one attached hydrogen (secondary N) is 1. The number of ether oxygens (including phenoxy) is 1. The standard InChI is InChI=1S/C12H13N5O3/c18-11(7-17-9-14-15-16-17)13-6-12(19)20-8-10-4-2-1-3-5-10/h1-5,9H,6-8H2,(H,13,18). The zero-order valence-corrected chi connectivity index (χ0v) is 10.6. The summed E-state index contributed by atoms with van der Waals surface area (Å²) in [7, 11) is 0. The first kappa shape index (κ1) is 13.7. The minimum Gasteiger partial charge on any atom is -0.460 e. The lowest BCUT2D eigenvalue weighted by Crippen LogP contribution is -2.33. The third-order valence-electron chi connectivity index (χ3n) is 2.37. The molecule has 2 rings (SSSR count). The van der Waals surface area contributed by atoms with Gasteiger partial charge >= 0.3 is 5.97 Å². The van der Waals surface area contributed by atoms with E-state index < -0.39 is 5.97 Å². The molecule has 0 radical (unpaired) electrons. The molecule has 8 nitrogen and oxygen atoms in total. The van der Waals surface area contributed by atoms with Crippen molar-refractivity contribution in [3.8, 4) is 0 Å². The number of carbonyl (C=O) groups is 2. The number of esters is 1. The molecule has 1 aromatic carbocycles. The summed E-state index contributed by atoms with van der Waals surface area (Å²) in [5.41, 5.74) is 0.890. The van der Waals surface area contributed by atoms with Gasteiger partial charge in [-0.25, -0.2) is 4.68 Å². The summed E-state index contributed by atoms with van der Waals surface area (Å²) in [6, 6.07) is 9.30. The molecule has 0 aliphatic heterocycles. The van der Waals surface area contributed by atoms with E-state index in [1.807, 2.05) is 30.3 Å². The average molecular weight is 275 g/mol. The Kier molecular flexibility index (Phi) is 4.76. The summed E-state index contributed by atoms with van der Waals surface area (Å²) >= 11 is 0. The largest absolute Gasteiger partial charge is 0.460 e. The van der Waals surface area contributed by atoms with Crippen LogP contribution in [0, 0.1) is 0 Å². The van der Waals surface area contributed by atoms with Crippen molar-refractivity contribution in [1.82, 2.24) is 25.5 Å². The van der Waals surface area contributed by atoms with Crippen molar-refractivity contribution >= 4 is 11.9 Å². The summed E-state index contributed by atoms with van der Waals surface area (Å²) in [5, 5.41) is 12.8. The highest BCUT2D eigenvalue weighted by molar-refractivity contribution is 5.81. The third kappa shape index (κ3) is 4.48. The van der Waals surface area contributed by atoms with Gasteiger partial charge in [-0.1, -0.05) is 30.3 Å². The first-order valence-electron chi connectivity index (χ1n) is 5.91. The molecule has 0 aliphatic rings. The second kappa shape index (κ2) is 6.98. The molecule has 104 valence electrons. The second-order valence-corrected chi connectivity index (χ2v) is 3.93. The Labute approximate surface area is 114 Å². The molecule has 20 heavy (non-hydrogen) atoms. The van der Waals surface area contributed by atoms with Crippen LogP contribution in [0.15, 0.2) is 36.7 Å². The molecule has 0 aliphatic carbocycles. The molecular weight excluding hydrogens is 262 g/mol. The maximum absolute atomic E-state index is 11.5. The maximum Gasteiger partial charge on any atom is 0.325 e. The van der Waals surface area contributed by atoms with Crippen molar-refractivity contribution in [2.45, 2.75) is 13.2 Å². The predicted molar refractivity (Wildman–Crippen MR) is 67.1 cm³/mol. The lowest BCUT2D eigenvalue weighted by molar-refractivity contribution is -0.145. The van der Waals surface area contributed by atoms with Crippen LogP contribution >= 0.6 is 0 Å². The number of aromatic nitrogens is 4. The molecule has 0 unspecified atom stereocenters. The van der Waals surface area contributed by atoms with E-state index >= 15 is 0 Å². The van der Waals surface area contributed by atoms with Crippen molar-refractivity contribution in [2.24, 2.45) is 0 Å². The minimum atomic E-state index is -0.501. The van der Waals surface area contributed by atoms with Crippen LogP contribution in [0.1, 0.15) is 5.56 Å². The molecule has 1 aromatic heterocycles. The Balaban J connectivity index is 1.66. The lowest BCUT2D eigenvalue weighted by atomic mass is 10.2. The van der Waals surface area contributed by atoms with Crippen molar-refractivity contribution in [2.75, 3.05) is 6.54 Å². The highest BCUT2D eigenvalue weighted by atomic mass is 16.5. The molecule has 0 saturated carbocycles. The van der Waals surface area contributed by atoms with Gasteiger partial charge in [-0.3, -0.25) is 9.59 Å². The van der Waals surface area contributed by atoms with Gasteiger partial charge in [0.2, 0.25) is 5.91 Å². The molecule has 1 heterocycles. The molecule has 0 fully saturated rings. The fraction of sp³-hybridized carbons (Fsp3) is 0.250. The van der Waals surface area contributed by atoms with E-state index in [-0.39, 0.29) is 25.6 Å². The van der Waals surface area contributed by atoms with E-state index in [4.69, 9.17) is 4.74 Å². The molecule has 0 bridgehead atoms. The van der Waals surface area contributed by atoms with E-state index in [2.05, 4.69) is 20.8 Å². The van der Waals surface area contributed by atoms with Crippen molar-refractivity contribution < 1.29 is 14.3 Å². The summed E-state index contributed by atoms with van der Waals surface area (Å²) in [6.07, 6.45) is 1.31. The second-order valence-electron chi connectivity index (χ2n) is 3.93. The minimum absolute atomic E-state index is 0.0427. The average Bonchev–Trinajstić information content (AvgIpc) is 2.97. The number of benzene rings is 1. The third-order valence-corrected chi connectivity index (χ3v) is 2.37. The molecule has 0 atom stereocenters. The van der Waals surface area contributed by atoms with Gasteiger partial charge < -0.3 is 10.1 Å². The van der Waals surface area contributed by atoms with Crippen LogP contribution in [0.5, 0.6) is 0 Å². The van der Waals surface area contributed by atoms with E-state index in [1.165, 1.54) is 11.0 Å². The van der Waals surface area contributed by atoms with Crippen molar-refractivity contribution in [1.29, 1.82) is 0 Å². The zero-order valence-electron chi connectivity index (χ0n) is 10.6. The van der Waals surface area contributed by atoms with Crippen LogP contribution in [0.2, 0.25) is 0 Å². The Morgan fingerprint density at radius 1 is 1.25 bits per heavy atom. The van der Waals surface area contributed by atoms with Crippen LogP contribution in [-0.2, 0) is 27.5 Å². The van der Waals surface area contributed by atoms with Gasteiger partial charge in [-0.05, 0) is 16.0 Å². The predicted octanol–water partition coefficient (Wildman–Crippen LogP) is -0.467. The number of carbonyl (C=O) groups excluding carboxylic acids is 2. The summed E-state index contributed by atoms with van der Waals surface area (Å²) in [5.74, 6) is -0.868. The molecule has 2 aromatic rings. The smallest absolute Gasteiger partial charge is 0.325 e. The molecule has 1 N–H and O–H groups in total. The number of rotatable bonds is 6. The van der Waals surface area contributed by atoms with Gasteiger partial charge in [0, 0.05) is 0 Å². The first-order valence-corrected chi connectivity index (χ1v) is 5.91. The number of nitrogens with zero attached hydrogens (tertiary/aromatic N) is 4. The van der Waals surface area contributed by atoms with E-state index in [0.717, 1.165) is 5.56 Å². The van der Waals surface area contributed by atoms with Crippen LogP contribution in [-0.4, -0.2) is 38.6 Å². The summed E-state index contributed by atoms with van der Waals surface area (Å²) in [6.45, 7) is -0.0463. The monoisotopic (exact) mass is 275 g/mol. The Hall–Kier alpha value is -2.77. The van der Waals surface area contributed by atoms with Crippen LogP contribution in [0.25, 0.3) is 0 Å². The topological polar surface area (TPSA) is 99.0 Å². The normalized spacial score (nSPS) is 10.0. The first-order chi connectivity index (χ1) is 9.74. The Bertz CT molecular complexity index is 556. The Morgan fingerprint density at radius 2 is 2.05 bits per heavy atom. The van der Waals surface area contributed by atoms with Gasteiger partial charge in [0.25, 0.3) is 0 Å². The quantitative estimate of drug-likeness (QED) is 0.716. The van der Waals surface area contributed by atoms with Crippen LogP contribution < -0.4 is 5.32 Å². The summed E-state index contributed by atoms with van der Waals surface area (Å²) < 4.78 is 6.27. The van der Waals surface area contributed by atoms with Gasteiger partial charge in [0.05, 0.1) is 0 Å². The molecule has 0 spiro atoms. The fourth-order valence-electron chi connectivity index (χ4n) is 1.42. The molecule has 0 saturated heterocycles. The zero-order chi connectivity index (χ0) is 14.2. The van der Waals surface area contributed by atoms with Gasteiger partial charge in [-0.2, -0.15) is 0 Å². The van der Waals surface area contributed by atoms with Crippen molar-refractivity contribution in [3.05, 3.63) is 42.2 Å². The number of hydrogen-bond donors (Lipinski definition) is 1. The van der Waals surface area contributed by atoms with Gasteiger partial charge in [0.1, 0.15) is 26.0 Å². The van der Waals surface area contributed by atoms with E-state index in [9.17, 15) is 9.59 Å². The lowest BCUT2D eigenvalue weighted by Gasteiger charge is -2.06. The highest BCUT2D eigenvalue weighted by Gasteiger charge is 2.08. The number of amides is 1. The Morgan fingerprint density at radius 3 is 2.75 bits per heavy atom. The fourth-order valence-corrected chi connectivity index (χ4v) is 1.42. The molecular formula is C12H13N5O3. The maximum atomic E-state index is 11.5. The number of hydrogen-bond acceptors (Lipinski definition) is 6. The van der Waals surface area contributed by atoms with E-state index in [0.29, 0.717) is 0 Å². The SMILES string of the molecule is O=C(Cn1cnnn1)NCC(=O)OCc1ccccc1. The van der Waals surface area contributed by atoms with Gasteiger partial charge in [0.15, 0.2) is 0 Å². The van der Waals surface area contributed by atoms with Crippen molar-refractivity contribution in [3.63, 3.8) is 0 Å². The molecule has 8 heteroatoms. The summed E-state index contributed by atoms with van der Waals surface area (Å²) in [4.78, 5) is 22.9. The molecule has 1 amide bonds.